The van der Waals surface area contributed by atoms with Gasteiger partial charge in [-0.15, -0.1) is 0 Å². The molecule has 0 spiro atoms. The van der Waals surface area contributed by atoms with Gasteiger partial charge in [-0.25, -0.2) is 4.98 Å². The van der Waals surface area contributed by atoms with Crippen molar-refractivity contribution in [2.24, 2.45) is 0 Å². The second kappa shape index (κ2) is 6.89. The molecule has 0 radical (unpaired) electrons. The molecule has 1 aromatic carbocycles. The molecule has 116 valence electrons. The predicted octanol–water partition coefficient (Wildman–Crippen LogP) is 2.71. The molecule has 0 aliphatic carbocycles. The molecule has 0 aliphatic heterocycles. The summed E-state index contributed by atoms with van der Waals surface area (Å²) in [5.74, 6) is 1.08. The SMILES string of the molecule is CNc1ncc(C)c(Nc2ccccc2C(=O)NC(C)C)n1. The summed E-state index contributed by atoms with van der Waals surface area (Å²) in [5.41, 5.74) is 2.20. The Kier molecular flexibility index (Phi) is 4.93. The van der Waals surface area contributed by atoms with E-state index >= 15 is 0 Å². The largest absolute Gasteiger partial charge is 0.357 e. The van der Waals surface area contributed by atoms with E-state index in [1.54, 1.807) is 19.3 Å². The molecule has 0 bridgehead atoms. The molecule has 0 saturated carbocycles. The van der Waals surface area contributed by atoms with E-state index in [2.05, 4.69) is 25.9 Å². The highest BCUT2D eigenvalue weighted by Gasteiger charge is 2.13. The molecule has 0 saturated heterocycles. The molecule has 22 heavy (non-hydrogen) atoms. The molecule has 0 aliphatic rings. The Balaban J connectivity index is 2.32. The summed E-state index contributed by atoms with van der Waals surface area (Å²) >= 11 is 0. The third-order valence-corrected chi connectivity index (χ3v) is 3.04. The Bertz CT molecular complexity index is 669. The minimum absolute atomic E-state index is 0.0808. The van der Waals surface area contributed by atoms with E-state index in [1.807, 2.05) is 39.0 Å². The van der Waals surface area contributed by atoms with Crippen LogP contribution in [0.15, 0.2) is 30.5 Å². The maximum atomic E-state index is 12.3. The van der Waals surface area contributed by atoms with Crippen molar-refractivity contribution >= 4 is 23.4 Å². The van der Waals surface area contributed by atoms with Crippen LogP contribution in [0, 0.1) is 6.92 Å². The van der Waals surface area contributed by atoms with Gasteiger partial charge in [0.15, 0.2) is 0 Å². The first-order valence-corrected chi connectivity index (χ1v) is 7.19. The number of aryl methyl sites for hydroxylation is 1. The number of para-hydroxylation sites is 1. The van der Waals surface area contributed by atoms with Gasteiger partial charge in [0.2, 0.25) is 5.95 Å². The van der Waals surface area contributed by atoms with Gasteiger partial charge in [-0.3, -0.25) is 4.79 Å². The lowest BCUT2D eigenvalue weighted by Gasteiger charge is -2.14. The first-order valence-electron chi connectivity index (χ1n) is 7.19. The molecule has 0 fully saturated rings. The zero-order valence-corrected chi connectivity index (χ0v) is 13.3. The normalized spacial score (nSPS) is 10.4. The van der Waals surface area contributed by atoms with E-state index in [9.17, 15) is 4.79 Å². The number of amides is 1. The number of nitrogens with one attached hydrogen (secondary N) is 3. The lowest BCUT2D eigenvalue weighted by atomic mass is 10.1. The van der Waals surface area contributed by atoms with Crippen molar-refractivity contribution in [3.05, 3.63) is 41.6 Å². The van der Waals surface area contributed by atoms with Crippen molar-refractivity contribution in [1.29, 1.82) is 0 Å². The fourth-order valence-corrected chi connectivity index (χ4v) is 1.95. The van der Waals surface area contributed by atoms with Gasteiger partial charge in [-0.1, -0.05) is 12.1 Å². The highest BCUT2D eigenvalue weighted by atomic mass is 16.1. The Morgan fingerprint density at radius 1 is 1.23 bits per heavy atom. The predicted molar refractivity (Wildman–Crippen MR) is 88.6 cm³/mol. The lowest BCUT2D eigenvalue weighted by Crippen LogP contribution is -2.30. The minimum atomic E-state index is -0.112. The van der Waals surface area contributed by atoms with Gasteiger partial charge in [-0.2, -0.15) is 4.98 Å². The van der Waals surface area contributed by atoms with Crippen LogP contribution in [0.4, 0.5) is 17.5 Å². The quantitative estimate of drug-likeness (QED) is 0.791. The first kappa shape index (κ1) is 15.8. The number of aromatic nitrogens is 2. The summed E-state index contributed by atoms with van der Waals surface area (Å²) in [6, 6.07) is 7.44. The van der Waals surface area contributed by atoms with E-state index < -0.39 is 0 Å². The second-order valence-electron chi connectivity index (χ2n) is 5.27. The van der Waals surface area contributed by atoms with Gasteiger partial charge >= 0.3 is 0 Å². The van der Waals surface area contributed by atoms with E-state index in [0.29, 0.717) is 23.0 Å². The van der Waals surface area contributed by atoms with Crippen molar-refractivity contribution in [1.82, 2.24) is 15.3 Å². The number of hydrogen-bond donors (Lipinski definition) is 3. The summed E-state index contributed by atoms with van der Waals surface area (Å²) in [5, 5.41) is 9.02. The first-order chi connectivity index (χ1) is 10.5. The maximum Gasteiger partial charge on any atom is 0.253 e. The van der Waals surface area contributed by atoms with E-state index in [0.717, 1.165) is 5.56 Å². The summed E-state index contributed by atoms with van der Waals surface area (Å²) < 4.78 is 0. The smallest absolute Gasteiger partial charge is 0.253 e. The molecule has 1 amide bonds. The zero-order chi connectivity index (χ0) is 16.1. The van der Waals surface area contributed by atoms with Crippen LogP contribution in [0.1, 0.15) is 29.8 Å². The highest BCUT2D eigenvalue weighted by Crippen LogP contribution is 2.22. The van der Waals surface area contributed by atoms with E-state index in [1.165, 1.54) is 0 Å². The molecular formula is C16H21N5O. The Hall–Kier alpha value is -2.63. The van der Waals surface area contributed by atoms with Gasteiger partial charge in [0, 0.05) is 24.8 Å². The number of hydrogen-bond acceptors (Lipinski definition) is 5. The molecule has 0 unspecified atom stereocenters. The topological polar surface area (TPSA) is 78.9 Å². The van der Waals surface area contributed by atoms with Crippen molar-refractivity contribution in [2.45, 2.75) is 26.8 Å². The van der Waals surface area contributed by atoms with Crippen LogP contribution in [-0.2, 0) is 0 Å². The number of anilines is 3. The fraction of sp³-hybridized carbons (Fsp3) is 0.312. The number of carbonyl (C=O) groups is 1. The zero-order valence-electron chi connectivity index (χ0n) is 13.3. The van der Waals surface area contributed by atoms with Crippen molar-refractivity contribution in [2.75, 3.05) is 17.7 Å². The summed E-state index contributed by atoms with van der Waals surface area (Å²) in [7, 11) is 1.76. The van der Waals surface area contributed by atoms with Gasteiger partial charge < -0.3 is 16.0 Å². The Labute approximate surface area is 130 Å². The summed E-state index contributed by atoms with van der Waals surface area (Å²) in [4.78, 5) is 20.8. The standard InChI is InChI=1S/C16H21N5O/c1-10(2)19-15(22)12-7-5-6-8-13(12)20-14-11(3)9-18-16(17-4)21-14/h5-10H,1-4H3,(H,19,22)(H2,17,18,20,21). The molecule has 1 aromatic heterocycles. The minimum Gasteiger partial charge on any atom is -0.357 e. The van der Waals surface area contributed by atoms with Crippen LogP contribution < -0.4 is 16.0 Å². The average molecular weight is 299 g/mol. The Morgan fingerprint density at radius 2 is 1.95 bits per heavy atom. The van der Waals surface area contributed by atoms with Crippen LogP contribution >= 0.6 is 0 Å². The van der Waals surface area contributed by atoms with Crippen molar-refractivity contribution < 1.29 is 4.79 Å². The number of nitrogens with zero attached hydrogens (tertiary/aromatic N) is 2. The van der Waals surface area contributed by atoms with Gasteiger partial charge in [-0.05, 0) is 32.9 Å². The van der Waals surface area contributed by atoms with Crippen molar-refractivity contribution in [3.63, 3.8) is 0 Å². The molecule has 2 aromatic rings. The number of rotatable bonds is 5. The second-order valence-corrected chi connectivity index (χ2v) is 5.27. The monoisotopic (exact) mass is 299 g/mol. The third-order valence-electron chi connectivity index (χ3n) is 3.04. The van der Waals surface area contributed by atoms with Crippen LogP contribution in [0.3, 0.4) is 0 Å². The van der Waals surface area contributed by atoms with Crippen LogP contribution in [0.5, 0.6) is 0 Å². The van der Waals surface area contributed by atoms with E-state index in [-0.39, 0.29) is 11.9 Å². The van der Waals surface area contributed by atoms with Gasteiger partial charge in [0.05, 0.1) is 11.3 Å². The highest BCUT2D eigenvalue weighted by molar-refractivity contribution is 6.00. The van der Waals surface area contributed by atoms with Crippen LogP contribution in [0.25, 0.3) is 0 Å². The fourth-order valence-electron chi connectivity index (χ4n) is 1.95. The Morgan fingerprint density at radius 3 is 2.64 bits per heavy atom. The molecular weight excluding hydrogens is 278 g/mol. The van der Waals surface area contributed by atoms with Gasteiger partial charge in [0.1, 0.15) is 5.82 Å². The molecule has 0 atom stereocenters. The average Bonchev–Trinajstić information content (AvgIpc) is 2.49. The number of benzene rings is 1. The number of carbonyl (C=O) groups excluding carboxylic acids is 1. The molecule has 6 nitrogen and oxygen atoms in total. The summed E-state index contributed by atoms with van der Waals surface area (Å²) in [6.07, 6.45) is 1.73. The van der Waals surface area contributed by atoms with E-state index in [4.69, 9.17) is 0 Å². The molecule has 1 heterocycles. The summed E-state index contributed by atoms with van der Waals surface area (Å²) in [6.45, 7) is 5.78. The molecule has 3 N–H and O–H groups in total. The molecule has 2 rings (SSSR count). The molecule has 6 heteroatoms. The van der Waals surface area contributed by atoms with Gasteiger partial charge in [0.25, 0.3) is 5.91 Å². The third kappa shape index (κ3) is 3.72. The van der Waals surface area contributed by atoms with Crippen molar-refractivity contribution in [3.8, 4) is 0 Å². The van der Waals surface area contributed by atoms with Crippen LogP contribution in [-0.4, -0.2) is 29.0 Å². The van der Waals surface area contributed by atoms with Crippen LogP contribution in [0.2, 0.25) is 0 Å². The lowest BCUT2D eigenvalue weighted by molar-refractivity contribution is 0.0944. The maximum absolute atomic E-state index is 12.3.